The van der Waals surface area contributed by atoms with E-state index in [1.807, 2.05) is 0 Å². The van der Waals surface area contributed by atoms with Crippen LogP contribution < -0.4 is 0 Å². The van der Waals surface area contributed by atoms with E-state index in [-0.39, 0.29) is 5.41 Å². The maximum absolute atomic E-state index is 9.34. The van der Waals surface area contributed by atoms with E-state index in [4.69, 9.17) is 0 Å². The van der Waals surface area contributed by atoms with Crippen molar-refractivity contribution in [1.82, 2.24) is 4.90 Å². The highest BCUT2D eigenvalue weighted by atomic mass is 16.3. The van der Waals surface area contributed by atoms with Crippen LogP contribution in [0.4, 0.5) is 0 Å². The van der Waals surface area contributed by atoms with Crippen molar-refractivity contribution in [2.24, 2.45) is 11.3 Å². The van der Waals surface area contributed by atoms with Crippen LogP contribution in [-0.4, -0.2) is 36.2 Å². The fourth-order valence-corrected chi connectivity index (χ4v) is 2.03. The molecule has 0 bridgehead atoms. The first-order chi connectivity index (χ1) is 6.59. The topological polar surface area (TPSA) is 23.5 Å². The molecule has 1 fully saturated rings. The van der Waals surface area contributed by atoms with Gasteiger partial charge in [-0.2, -0.15) is 0 Å². The third-order valence-electron chi connectivity index (χ3n) is 3.72. The molecule has 0 saturated carbocycles. The zero-order valence-electron chi connectivity index (χ0n) is 9.92. The number of rotatable bonds is 4. The van der Waals surface area contributed by atoms with Gasteiger partial charge in [0, 0.05) is 18.6 Å². The molecule has 0 amide bonds. The Bertz CT molecular complexity index is 158. The van der Waals surface area contributed by atoms with E-state index >= 15 is 0 Å². The van der Waals surface area contributed by atoms with Crippen molar-refractivity contribution in [2.75, 3.05) is 26.2 Å². The van der Waals surface area contributed by atoms with Crippen molar-refractivity contribution >= 4 is 0 Å². The molecule has 1 atom stereocenters. The summed E-state index contributed by atoms with van der Waals surface area (Å²) in [4.78, 5) is 2.51. The third-order valence-corrected chi connectivity index (χ3v) is 3.72. The van der Waals surface area contributed by atoms with Gasteiger partial charge in [-0.3, -0.25) is 0 Å². The SMILES string of the molecule is CCC(C)(CO)CN1CCC(C)CC1. The molecular weight excluding hydrogens is 174 g/mol. The number of aliphatic hydroxyl groups is 1. The quantitative estimate of drug-likeness (QED) is 0.749. The number of piperidine rings is 1. The predicted octanol–water partition coefficient (Wildman–Crippen LogP) is 2.13. The number of hydrogen-bond donors (Lipinski definition) is 1. The van der Waals surface area contributed by atoms with Gasteiger partial charge in [-0.1, -0.05) is 20.8 Å². The van der Waals surface area contributed by atoms with E-state index < -0.39 is 0 Å². The Morgan fingerprint density at radius 2 is 1.93 bits per heavy atom. The number of nitrogens with zero attached hydrogens (tertiary/aromatic N) is 1. The molecule has 0 spiro atoms. The van der Waals surface area contributed by atoms with Gasteiger partial charge >= 0.3 is 0 Å². The molecule has 0 aliphatic carbocycles. The van der Waals surface area contributed by atoms with Crippen molar-refractivity contribution in [1.29, 1.82) is 0 Å². The normalized spacial score (nSPS) is 24.9. The van der Waals surface area contributed by atoms with Gasteiger partial charge in [-0.25, -0.2) is 0 Å². The van der Waals surface area contributed by atoms with Crippen molar-refractivity contribution in [3.8, 4) is 0 Å². The van der Waals surface area contributed by atoms with E-state index in [2.05, 4.69) is 25.7 Å². The van der Waals surface area contributed by atoms with Gasteiger partial charge in [0.05, 0.1) is 0 Å². The Morgan fingerprint density at radius 3 is 2.36 bits per heavy atom. The molecular formula is C12H25NO. The lowest BCUT2D eigenvalue weighted by molar-refractivity contribution is 0.0681. The zero-order valence-corrected chi connectivity index (χ0v) is 9.92. The van der Waals surface area contributed by atoms with Crippen molar-refractivity contribution < 1.29 is 5.11 Å². The molecule has 1 unspecified atom stereocenters. The number of likely N-dealkylation sites (tertiary alicyclic amines) is 1. The van der Waals surface area contributed by atoms with Gasteiger partial charge < -0.3 is 10.0 Å². The summed E-state index contributed by atoms with van der Waals surface area (Å²) in [6.07, 6.45) is 3.71. The third kappa shape index (κ3) is 3.25. The van der Waals surface area contributed by atoms with Crippen LogP contribution in [0, 0.1) is 11.3 Å². The minimum Gasteiger partial charge on any atom is -0.396 e. The average molecular weight is 199 g/mol. The van der Waals surface area contributed by atoms with Gasteiger partial charge in [-0.05, 0) is 38.3 Å². The predicted molar refractivity (Wildman–Crippen MR) is 60.3 cm³/mol. The summed E-state index contributed by atoms with van der Waals surface area (Å²) in [5, 5.41) is 9.34. The number of aliphatic hydroxyl groups excluding tert-OH is 1. The molecule has 14 heavy (non-hydrogen) atoms. The molecule has 0 aromatic carbocycles. The molecule has 0 radical (unpaired) electrons. The van der Waals surface area contributed by atoms with Crippen LogP contribution in [-0.2, 0) is 0 Å². The van der Waals surface area contributed by atoms with Crippen LogP contribution in [0.5, 0.6) is 0 Å². The highest BCUT2D eigenvalue weighted by Crippen LogP contribution is 2.24. The molecule has 2 heteroatoms. The molecule has 0 aromatic rings. The smallest absolute Gasteiger partial charge is 0.0496 e. The Kier molecular flexibility index (Phi) is 4.39. The van der Waals surface area contributed by atoms with E-state index in [0.717, 1.165) is 18.9 Å². The molecule has 1 aliphatic heterocycles. The van der Waals surface area contributed by atoms with Crippen LogP contribution in [0.1, 0.15) is 40.0 Å². The summed E-state index contributed by atoms with van der Waals surface area (Å²) in [6.45, 7) is 10.5. The van der Waals surface area contributed by atoms with Gasteiger partial charge in [-0.15, -0.1) is 0 Å². The fraction of sp³-hybridized carbons (Fsp3) is 1.00. The van der Waals surface area contributed by atoms with E-state index in [0.29, 0.717) is 6.61 Å². The van der Waals surface area contributed by atoms with Crippen LogP contribution >= 0.6 is 0 Å². The van der Waals surface area contributed by atoms with E-state index in [9.17, 15) is 5.11 Å². The first-order valence-corrected chi connectivity index (χ1v) is 5.93. The van der Waals surface area contributed by atoms with Gasteiger partial charge in [0.2, 0.25) is 0 Å². The van der Waals surface area contributed by atoms with E-state index in [1.54, 1.807) is 0 Å². The monoisotopic (exact) mass is 199 g/mol. The van der Waals surface area contributed by atoms with Crippen LogP contribution in [0.2, 0.25) is 0 Å². The Hall–Kier alpha value is -0.0800. The lowest BCUT2D eigenvalue weighted by Gasteiger charge is -2.37. The Morgan fingerprint density at radius 1 is 1.36 bits per heavy atom. The summed E-state index contributed by atoms with van der Waals surface area (Å²) >= 11 is 0. The van der Waals surface area contributed by atoms with Crippen LogP contribution in [0.3, 0.4) is 0 Å². The van der Waals surface area contributed by atoms with Crippen molar-refractivity contribution in [3.05, 3.63) is 0 Å². The lowest BCUT2D eigenvalue weighted by Crippen LogP contribution is -2.42. The average Bonchev–Trinajstić information content (AvgIpc) is 2.21. The molecule has 1 saturated heterocycles. The zero-order chi connectivity index (χ0) is 10.6. The molecule has 84 valence electrons. The van der Waals surface area contributed by atoms with Gasteiger partial charge in [0.1, 0.15) is 0 Å². The lowest BCUT2D eigenvalue weighted by atomic mass is 9.87. The summed E-state index contributed by atoms with van der Waals surface area (Å²) in [6, 6.07) is 0. The van der Waals surface area contributed by atoms with Crippen LogP contribution in [0.25, 0.3) is 0 Å². The van der Waals surface area contributed by atoms with Crippen LogP contribution in [0.15, 0.2) is 0 Å². The first kappa shape index (κ1) is 12.0. The molecule has 1 aliphatic rings. The molecule has 1 N–H and O–H groups in total. The summed E-state index contributed by atoms with van der Waals surface area (Å²) in [7, 11) is 0. The fourth-order valence-electron chi connectivity index (χ4n) is 2.03. The minimum atomic E-state index is 0.112. The molecule has 0 aromatic heterocycles. The highest BCUT2D eigenvalue weighted by molar-refractivity contribution is 4.79. The van der Waals surface area contributed by atoms with Crippen molar-refractivity contribution in [3.63, 3.8) is 0 Å². The van der Waals surface area contributed by atoms with Crippen molar-refractivity contribution in [2.45, 2.75) is 40.0 Å². The van der Waals surface area contributed by atoms with E-state index in [1.165, 1.54) is 25.9 Å². The molecule has 1 heterocycles. The Balaban J connectivity index is 2.36. The van der Waals surface area contributed by atoms with Gasteiger partial charge in [0.25, 0.3) is 0 Å². The highest BCUT2D eigenvalue weighted by Gasteiger charge is 2.26. The summed E-state index contributed by atoms with van der Waals surface area (Å²) < 4.78 is 0. The molecule has 1 rings (SSSR count). The standard InChI is InChI=1S/C12H25NO/c1-4-12(3,10-14)9-13-7-5-11(2)6-8-13/h11,14H,4-10H2,1-3H3. The largest absolute Gasteiger partial charge is 0.396 e. The second kappa shape index (κ2) is 5.13. The molecule has 2 nitrogen and oxygen atoms in total. The maximum Gasteiger partial charge on any atom is 0.0496 e. The van der Waals surface area contributed by atoms with Gasteiger partial charge in [0.15, 0.2) is 0 Å². The summed E-state index contributed by atoms with van der Waals surface area (Å²) in [5.74, 6) is 0.897. The maximum atomic E-state index is 9.34. The Labute approximate surface area is 88.3 Å². The number of hydrogen-bond acceptors (Lipinski definition) is 2. The first-order valence-electron chi connectivity index (χ1n) is 5.93. The second-order valence-corrected chi connectivity index (χ2v) is 5.28. The second-order valence-electron chi connectivity index (χ2n) is 5.28. The summed E-state index contributed by atoms with van der Waals surface area (Å²) in [5.41, 5.74) is 0.112. The minimum absolute atomic E-state index is 0.112.